The molecule has 1 N–H and O–H groups in total. The maximum atomic E-state index is 12.4. The molecule has 8 nitrogen and oxygen atoms in total. The zero-order chi connectivity index (χ0) is 21.0. The zero-order valence-corrected chi connectivity index (χ0v) is 16.8. The van der Waals surface area contributed by atoms with Crippen LogP contribution in [0.25, 0.3) is 0 Å². The normalized spacial score (nSPS) is 11.5. The SMILES string of the molecule is COc1ccc([N+](=O)[O-])cc1C(=O)OC(C)C(=O)Nc1cc(Cl)c(Cl)cc1Cl. The summed E-state index contributed by atoms with van der Waals surface area (Å²) < 4.78 is 10.1. The number of nitrogens with one attached hydrogen (secondary N) is 1. The smallest absolute Gasteiger partial charge is 0.342 e. The number of esters is 1. The number of benzene rings is 2. The third kappa shape index (κ3) is 5.03. The highest BCUT2D eigenvalue weighted by atomic mass is 35.5. The second kappa shape index (κ2) is 9.09. The van der Waals surface area contributed by atoms with Gasteiger partial charge in [0.15, 0.2) is 6.10 Å². The average molecular weight is 448 g/mol. The minimum Gasteiger partial charge on any atom is -0.496 e. The molecule has 28 heavy (non-hydrogen) atoms. The molecule has 0 aliphatic rings. The minimum atomic E-state index is -1.25. The van der Waals surface area contributed by atoms with Crippen LogP contribution in [0, 0.1) is 10.1 Å². The highest BCUT2D eigenvalue weighted by molar-refractivity contribution is 6.44. The van der Waals surface area contributed by atoms with Crippen LogP contribution in [0.5, 0.6) is 5.75 Å². The van der Waals surface area contributed by atoms with E-state index in [-0.39, 0.29) is 37.8 Å². The molecule has 1 unspecified atom stereocenters. The molecule has 2 aromatic carbocycles. The highest BCUT2D eigenvalue weighted by Crippen LogP contribution is 2.32. The Morgan fingerprint density at radius 2 is 1.75 bits per heavy atom. The van der Waals surface area contributed by atoms with Crippen molar-refractivity contribution in [3.8, 4) is 5.75 Å². The Kier molecular flexibility index (Phi) is 7.06. The first-order valence-corrected chi connectivity index (χ1v) is 8.76. The summed E-state index contributed by atoms with van der Waals surface area (Å²) in [6.45, 7) is 1.32. The summed E-state index contributed by atoms with van der Waals surface area (Å²) >= 11 is 17.7. The molecule has 0 bridgehead atoms. The van der Waals surface area contributed by atoms with Gasteiger partial charge in [0.1, 0.15) is 11.3 Å². The lowest BCUT2D eigenvalue weighted by Crippen LogP contribution is -2.30. The number of hydrogen-bond acceptors (Lipinski definition) is 6. The largest absolute Gasteiger partial charge is 0.496 e. The van der Waals surface area contributed by atoms with Crippen molar-refractivity contribution in [2.24, 2.45) is 0 Å². The highest BCUT2D eigenvalue weighted by Gasteiger charge is 2.24. The molecule has 0 saturated heterocycles. The molecule has 0 spiro atoms. The van der Waals surface area contributed by atoms with Crippen LogP contribution in [-0.4, -0.2) is 30.0 Å². The van der Waals surface area contributed by atoms with Crippen molar-refractivity contribution in [3.63, 3.8) is 0 Å². The number of carbonyl (C=O) groups is 2. The molecule has 1 amide bonds. The standard InChI is InChI=1S/C17H13Cl3N2O6/c1-8(16(23)21-14-7-12(19)11(18)6-13(14)20)28-17(24)10-5-9(22(25)26)3-4-15(10)27-2/h3-8H,1-2H3,(H,21,23). The molecule has 1 atom stereocenters. The first-order chi connectivity index (χ1) is 13.1. The van der Waals surface area contributed by atoms with E-state index in [1.165, 1.54) is 38.3 Å². The maximum Gasteiger partial charge on any atom is 0.342 e. The number of nitrogens with zero attached hydrogens (tertiary/aromatic N) is 1. The van der Waals surface area contributed by atoms with Crippen molar-refractivity contribution in [3.05, 3.63) is 61.1 Å². The Morgan fingerprint density at radius 3 is 2.36 bits per heavy atom. The predicted molar refractivity (Wildman–Crippen MR) is 105 cm³/mol. The molecule has 0 aromatic heterocycles. The fourth-order valence-electron chi connectivity index (χ4n) is 2.10. The van der Waals surface area contributed by atoms with Crippen LogP contribution in [-0.2, 0) is 9.53 Å². The number of carbonyl (C=O) groups excluding carboxylic acids is 2. The fourth-order valence-corrected chi connectivity index (χ4v) is 2.69. The summed E-state index contributed by atoms with van der Waals surface area (Å²) in [5.74, 6) is -1.60. The fraction of sp³-hybridized carbons (Fsp3) is 0.176. The lowest BCUT2D eigenvalue weighted by Gasteiger charge is -2.15. The van der Waals surface area contributed by atoms with Crippen LogP contribution in [0.3, 0.4) is 0 Å². The van der Waals surface area contributed by atoms with Gasteiger partial charge in [0.05, 0.1) is 32.8 Å². The van der Waals surface area contributed by atoms with Gasteiger partial charge in [-0.2, -0.15) is 0 Å². The van der Waals surface area contributed by atoms with Crippen molar-refractivity contribution in [2.75, 3.05) is 12.4 Å². The molecule has 0 aliphatic carbocycles. The molecule has 148 valence electrons. The molecule has 2 rings (SSSR count). The van der Waals surface area contributed by atoms with Gasteiger partial charge in [0.2, 0.25) is 0 Å². The molecular formula is C17H13Cl3N2O6. The van der Waals surface area contributed by atoms with Gasteiger partial charge in [-0.1, -0.05) is 34.8 Å². The van der Waals surface area contributed by atoms with Gasteiger partial charge < -0.3 is 14.8 Å². The van der Waals surface area contributed by atoms with E-state index in [0.29, 0.717) is 0 Å². The number of nitro benzene ring substituents is 1. The van der Waals surface area contributed by atoms with E-state index < -0.39 is 22.9 Å². The van der Waals surface area contributed by atoms with E-state index in [0.717, 1.165) is 6.07 Å². The van der Waals surface area contributed by atoms with E-state index in [1.54, 1.807) is 0 Å². The van der Waals surface area contributed by atoms with Gasteiger partial charge >= 0.3 is 5.97 Å². The van der Waals surface area contributed by atoms with Crippen LogP contribution < -0.4 is 10.1 Å². The molecule has 0 saturated carbocycles. The summed E-state index contributed by atoms with van der Waals surface area (Å²) in [5.41, 5.74) is -0.340. The zero-order valence-electron chi connectivity index (χ0n) is 14.5. The number of halogens is 3. The third-order valence-corrected chi connectivity index (χ3v) is 4.57. The maximum absolute atomic E-state index is 12.4. The molecule has 2 aromatic rings. The lowest BCUT2D eigenvalue weighted by molar-refractivity contribution is -0.384. The Morgan fingerprint density at radius 1 is 1.11 bits per heavy atom. The van der Waals surface area contributed by atoms with Crippen LogP contribution >= 0.6 is 34.8 Å². The second-order valence-corrected chi connectivity index (χ2v) is 6.65. The van der Waals surface area contributed by atoms with Crippen LogP contribution in [0.4, 0.5) is 11.4 Å². The van der Waals surface area contributed by atoms with E-state index in [2.05, 4.69) is 5.32 Å². The van der Waals surface area contributed by atoms with E-state index in [1.807, 2.05) is 0 Å². The van der Waals surface area contributed by atoms with E-state index >= 15 is 0 Å². The number of hydrogen-bond donors (Lipinski definition) is 1. The van der Waals surface area contributed by atoms with Gasteiger partial charge in [-0.05, 0) is 25.1 Å². The summed E-state index contributed by atoms with van der Waals surface area (Å²) in [7, 11) is 1.29. The number of nitro groups is 1. The lowest BCUT2D eigenvalue weighted by atomic mass is 10.1. The van der Waals surface area contributed by atoms with Crippen molar-refractivity contribution < 1.29 is 24.0 Å². The molecule has 0 radical (unpaired) electrons. The van der Waals surface area contributed by atoms with Crippen LogP contribution in [0.1, 0.15) is 17.3 Å². The number of non-ortho nitro benzene ring substituents is 1. The van der Waals surface area contributed by atoms with Crippen LogP contribution in [0.2, 0.25) is 15.1 Å². The number of anilines is 1. The van der Waals surface area contributed by atoms with Gasteiger partial charge in [-0.25, -0.2) is 4.79 Å². The summed E-state index contributed by atoms with van der Waals surface area (Å²) in [4.78, 5) is 34.9. The first-order valence-electron chi connectivity index (χ1n) is 7.62. The number of ether oxygens (including phenoxy) is 2. The van der Waals surface area contributed by atoms with Crippen molar-refractivity contribution >= 4 is 58.1 Å². The van der Waals surface area contributed by atoms with Crippen molar-refractivity contribution in [1.82, 2.24) is 0 Å². The van der Waals surface area contributed by atoms with Crippen molar-refractivity contribution in [1.29, 1.82) is 0 Å². The number of methoxy groups -OCH3 is 1. The van der Waals surface area contributed by atoms with Gasteiger partial charge in [-0.15, -0.1) is 0 Å². The Balaban J connectivity index is 2.16. The number of rotatable bonds is 6. The second-order valence-electron chi connectivity index (χ2n) is 5.42. The van der Waals surface area contributed by atoms with Crippen molar-refractivity contribution in [2.45, 2.75) is 13.0 Å². The summed E-state index contributed by atoms with van der Waals surface area (Å²) in [5, 5.41) is 13.9. The Hall–Kier alpha value is -2.55. The quantitative estimate of drug-likeness (QED) is 0.296. The molecule has 0 heterocycles. The summed E-state index contributed by atoms with van der Waals surface area (Å²) in [6, 6.07) is 6.14. The predicted octanol–water partition coefficient (Wildman–Crippen LogP) is 4.75. The van der Waals surface area contributed by atoms with Crippen LogP contribution in [0.15, 0.2) is 30.3 Å². The molecule has 11 heteroatoms. The third-order valence-electron chi connectivity index (χ3n) is 3.53. The molecular weight excluding hydrogens is 435 g/mol. The summed E-state index contributed by atoms with van der Waals surface area (Å²) in [6.07, 6.45) is -1.25. The van der Waals surface area contributed by atoms with E-state index in [4.69, 9.17) is 44.3 Å². The monoisotopic (exact) mass is 446 g/mol. The molecule has 0 fully saturated rings. The minimum absolute atomic E-state index is 0.0655. The molecule has 0 aliphatic heterocycles. The number of amides is 1. The Bertz CT molecular complexity index is 951. The van der Waals surface area contributed by atoms with Gasteiger partial charge in [0.25, 0.3) is 11.6 Å². The Labute approximate surface area is 174 Å². The van der Waals surface area contributed by atoms with Gasteiger partial charge in [-0.3, -0.25) is 14.9 Å². The first kappa shape index (κ1) is 21.7. The van der Waals surface area contributed by atoms with Gasteiger partial charge in [0, 0.05) is 12.1 Å². The average Bonchev–Trinajstić information content (AvgIpc) is 2.65. The van der Waals surface area contributed by atoms with E-state index in [9.17, 15) is 19.7 Å². The topological polar surface area (TPSA) is 108 Å².